The minimum absolute atomic E-state index is 0.213. The van der Waals surface area contributed by atoms with Gasteiger partial charge in [-0.2, -0.15) is 0 Å². The Morgan fingerprint density at radius 3 is 2.71 bits per heavy atom. The maximum Gasteiger partial charge on any atom is 0.311 e. The zero-order valence-electron chi connectivity index (χ0n) is 19.9. The van der Waals surface area contributed by atoms with E-state index >= 15 is 0 Å². The molecule has 0 atom stereocenters. The van der Waals surface area contributed by atoms with Crippen molar-refractivity contribution in [1.82, 2.24) is 4.98 Å². The van der Waals surface area contributed by atoms with E-state index in [2.05, 4.69) is 25.9 Å². The molecule has 0 unspecified atom stereocenters. The van der Waals surface area contributed by atoms with Crippen LogP contribution in [-0.2, 0) is 6.42 Å². The minimum Gasteiger partial charge on any atom is -0.502 e. The number of hydrogen-bond donors (Lipinski definition) is 1. The van der Waals surface area contributed by atoms with Gasteiger partial charge in [-0.05, 0) is 82.0 Å². The number of aromatic hydroxyl groups is 1. The Kier molecular flexibility index (Phi) is 7.13. The van der Waals surface area contributed by atoms with Crippen LogP contribution in [0.4, 0.5) is 11.4 Å². The fourth-order valence-corrected chi connectivity index (χ4v) is 4.71. The molecule has 0 aliphatic carbocycles. The first-order chi connectivity index (χ1) is 18.3. The first kappa shape index (κ1) is 25.4. The van der Waals surface area contributed by atoms with Crippen LogP contribution in [0.25, 0.3) is 22.6 Å². The van der Waals surface area contributed by atoms with E-state index in [0.717, 1.165) is 15.6 Å². The van der Waals surface area contributed by atoms with Gasteiger partial charge in [-0.3, -0.25) is 15.1 Å². The Hall–Kier alpha value is -4.21. The van der Waals surface area contributed by atoms with Gasteiger partial charge in [0.25, 0.3) is 0 Å². The van der Waals surface area contributed by atoms with Gasteiger partial charge in [-0.15, -0.1) is 0 Å². The smallest absolute Gasteiger partial charge is 0.311 e. The standard InChI is InChI=1S/C28H19BrClN3O5/c1-37-25-8-6-18(13-21(25)29)28-32-23-14-20(7-9-26(23)38-28)31-15-19-11-16(12-24(27(19)34)33(35)36)10-17-4-2-3-5-22(17)30/h2-9,11-15,34H,10H2,1H3. The number of aliphatic imine (C=N–C) groups is 1. The highest BCUT2D eigenvalue weighted by atomic mass is 79.9. The van der Waals surface area contributed by atoms with E-state index in [0.29, 0.717) is 45.4 Å². The number of methoxy groups -OCH3 is 1. The molecule has 190 valence electrons. The lowest BCUT2D eigenvalue weighted by Gasteiger charge is -2.07. The van der Waals surface area contributed by atoms with E-state index in [1.165, 1.54) is 12.3 Å². The van der Waals surface area contributed by atoms with Crippen LogP contribution in [0.3, 0.4) is 0 Å². The van der Waals surface area contributed by atoms with Crippen molar-refractivity contribution in [2.45, 2.75) is 6.42 Å². The van der Waals surface area contributed by atoms with Crippen LogP contribution in [0.15, 0.2) is 86.7 Å². The summed E-state index contributed by atoms with van der Waals surface area (Å²) in [4.78, 5) is 20.0. The Bertz CT molecular complexity index is 1720. The summed E-state index contributed by atoms with van der Waals surface area (Å²) in [7, 11) is 1.59. The third kappa shape index (κ3) is 5.25. The molecule has 0 aliphatic rings. The van der Waals surface area contributed by atoms with Gasteiger partial charge in [0, 0.05) is 28.4 Å². The third-order valence-corrected chi connectivity index (χ3v) is 6.84. The normalized spacial score (nSPS) is 11.3. The van der Waals surface area contributed by atoms with E-state index in [1.54, 1.807) is 37.4 Å². The maximum atomic E-state index is 11.6. The second kappa shape index (κ2) is 10.6. The van der Waals surface area contributed by atoms with E-state index in [1.807, 2.05) is 36.4 Å². The fourth-order valence-electron chi connectivity index (χ4n) is 3.97. The SMILES string of the molecule is COc1ccc(-c2nc3cc(N=Cc4cc(Cc5ccccc5Cl)cc([N+](=O)[O-])c4O)ccc3o2)cc1Br. The molecule has 0 radical (unpaired) electrons. The molecule has 0 amide bonds. The second-order valence-electron chi connectivity index (χ2n) is 8.36. The lowest BCUT2D eigenvalue weighted by molar-refractivity contribution is -0.385. The molecule has 5 aromatic rings. The van der Waals surface area contributed by atoms with Gasteiger partial charge in [0.2, 0.25) is 11.6 Å². The van der Waals surface area contributed by atoms with E-state index < -0.39 is 16.4 Å². The maximum absolute atomic E-state index is 11.6. The fraction of sp³-hybridized carbons (Fsp3) is 0.0714. The minimum atomic E-state index is -0.622. The summed E-state index contributed by atoms with van der Waals surface area (Å²) in [5.74, 6) is 0.669. The van der Waals surface area contributed by atoms with Crippen LogP contribution < -0.4 is 4.74 Å². The van der Waals surface area contributed by atoms with Crippen molar-refractivity contribution in [3.63, 3.8) is 0 Å². The van der Waals surface area contributed by atoms with Crippen molar-refractivity contribution in [1.29, 1.82) is 0 Å². The number of fused-ring (bicyclic) bond motifs is 1. The van der Waals surface area contributed by atoms with E-state index in [9.17, 15) is 15.2 Å². The Labute approximate surface area is 230 Å². The number of hydrogen-bond acceptors (Lipinski definition) is 7. The molecule has 0 aliphatic heterocycles. The monoisotopic (exact) mass is 591 g/mol. The molecule has 5 rings (SSSR count). The van der Waals surface area contributed by atoms with Gasteiger partial charge in [0.15, 0.2) is 5.58 Å². The predicted octanol–water partition coefficient (Wildman–Crippen LogP) is 7.87. The van der Waals surface area contributed by atoms with Gasteiger partial charge in [-0.1, -0.05) is 29.8 Å². The van der Waals surface area contributed by atoms with Crippen LogP contribution in [-0.4, -0.2) is 28.3 Å². The van der Waals surface area contributed by atoms with Gasteiger partial charge in [0.1, 0.15) is 11.3 Å². The number of benzene rings is 4. The average molecular weight is 593 g/mol. The molecule has 1 aromatic heterocycles. The summed E-state index contributed by atoms with van der Waals surface area (Å²) in [6.07, 6.45) is 1.75. The molecular formula is C28H19BrClN3O5. The molecule has 1 N–H and O–H groups in total. The molecule has 0 saturated heterocycles. The molecule has 0 bridgehead atoms. The van der Waals surface area contributed by atoms with Gasteiger partial charge in [-0.25, -0.2) is 4.98 Å². The molecular weight excluding hydrogens is 574 g/mol. The number of nitro groups is 1. The molecule has 10 heteroatoms. The summed E-state index contributed by atoms with van der Waals surface area (Å²) in [6, 6.07) is 21.0. The zero-order valence-corrected chi connectivity index (χ0v) is 22.2. The van der Waals surface area contributed by atoms with Crippen molar-refractivity contribution < 1.29 is 19.2 Å². The van der Waals surface area contributed by atoms with Crippen LogP contribution in [0.5, 0.6) is 11.5 Å². The lowest BCUT2D eigenvalue weighted by atomic mass is 10.0. The average Bonchev–Trinajstić information content (AvgIpc) is 3.33. The number of phenols is 1. The van der Waals surface area contributed by atoms with E-state index in [4.69, 9.17) is 20.8 Å². The van der Waals surface area contributed by atoms with Crippen LogP contribution >= 0.6 is 27.5 Å². The Morgan fingerprint density at radius 2 is 1.97 bits per heavy atom. The summed E-state index contributed by atoms with van der Waals surface area (Å²) < 4.78 is 11.9. The quantitative estimate of drug-likeness (QED) is 0.117. The van der Waals surface area contributed by atoms with E-state index in [-0.39, 0.29) is 5.56 Å². The first-order valence-electron chi connectivity index (χ1n) is 11.3. The topological polar surface area (TPSA) is 111 Å². The number of nitrogens with zero attached hydrogens (tertiary/aromatic N) is 3. The first-order valence-corrected chi connectivity index (χ1v) is 12.5. The number of rotatable bonds is 7. The molecule has 0 saturated carbocycles. The van der Waals surface area contributed by atoms with Crippen molar-refractivity contribution in [3.05, 3.63) is 109 Å². The van der Waals surface area contributed by atoms with Crippen LogP contribution in [0.1, 0.15) is 16.7 Å². The number of aromatic nitrogens is 1. The van der Waals surface area contributed by atoms with Gasteiger partial charge < -0.3 is 14.3 Å². The predicted molar refractivity (Wildman–Crippen MR) is 150 cm³/mol. The Morgan fingerprint density at radius 1 is 1.16 bits per heavy atom. The van der Waals surface area contributed by atoms with Gasteiger partial charge >= 0.3 is 5.69 Å². The summed E-state index contributed by atoms with van der Waals surface area (Å²) >= 11 is 9.73. The van der Waals surface area contributed by atoms with Crippen LogP contribution in [0, 0.1) is 10.1 Å². The molecule has 0 fully saturated rings. The highest BCUT2D eigenvalue weighted by molar-refractivity contribution is 9.10. The number of nitro benzene ring substituents is 1. The van der Waals surface area contributed by atoms with Crippen molar-refractivity contribution in [2.24, 2.45) is 4.99 Å². The van der Waals surface area contributed by atoms with Gasteiger partial charge in [0.05, 0.1) is 22.2 Å². The molecule has 0 spiro atoms. The lowest BCUT2D eigenvalue weighted by Crippen LogP contribution is -1.97. The van der Waals surface area contributed by atoms with Crippen molar-refractivity contribution in [3.8, 4) is 23.0 Å². The van der Waals surface area contributed by atoms with Crippen molar-refractivity contribution >= 4 is 56.2 Å². The summed E-state index contributed by atoms with van der Waals surface area (Å²) in [6.45, 7) is 0. The number of phenolic OH excluding ortho intramolecular Hbond substituents is 1. The summed E-state index contributed by atoms with van der Waals surface area (Å²) in [5.41, 5.74) is 3.71. The largest absolute Gasteiger partial charge is 0.502 e. The number of halogens is 2. The Balaban J connectivity index is 1.46. The number of ether oxygens (including phenoxy) is 1. The molecule has 38 heavy (non-hydrogen) atoms. The number of oxazole rings is 1. The summed E-state index contributed by atoms with van der Waals surface area (Å²) in [5, 5.41) is 22.7. The van der Waals surface area contributed by atoms with Crippen LogP contribution in [0.2, 0.25) is 5.02 Å². The second-order valence-corrected chi connectivity index (χ2v) is 9.62. The molecule has 1 heterocycles. The highest BCUT2D eigenvalue weighted by Crippen LogP contribution is 2.34. The third-order valence-electron chi connectivity index (χ3n) is 5.85. The molecule has 4 aromatic carbocycles. The molecule has 8 nitrogen and oxygen atoms in total. The zero-order chi connectivity index (χ0) is 26.8. The van der Waals surface area contributed by atoms with Crippen molar-refractivity contribution in [2.75, 3.05) is 7.11 Å². The highest BCUT2D eigenvalue weighted by Gasteiger charge is 2.19.